The Morgan fingerprint density at radius 2 is 1.92 bits per heavy atom. The van der Waals surface area contributed by atoms with Crippen molar-refractivity contribution >= 4 is 40.1 Å². The van der Waals surface area contributed by atoms with Gasteiger partial charge in [-0.1, -0.05) is 35.3 Å². The normalized spacial score (nSPS) is 10.9. The molecule has 0 aliphatic rings. The summed E-state index contributed by atoms with van der Waals surface area (Å²) in [6.45, 7) is 1.62. The fraction of sp³-hybridized carbons (Fsp3) is 0.118. The smallest absolute Gasteiger partial charge is 0.341 e. The Morgan fingerprint density at radius 3 is 2.58 bits per heavy atom. The van der Waals surface area contributed by atoms with Gasteiger partial charge in [-0.2, -0.15) is 0 Å². The van der Waals surface area contributed by atoms with Gasteiger partial charge in [0.15, 0.2) is 0 Å². The molecule has 0 N–H and O–H groups in total. The van der Waals surface area contributed by atoms with Gasteiger partial charge in [0.25, 0.3) is 0 Å². The Kier molecular flexibility index (Phi) is 4.39. The second-order valence-corrected chi connectivity index (χ2v) is 5.81. The highest BCUT2D eigenvalue weighted by atomic mass is 35.5. The van der Waals surface area contributed by atoms with Crippen molar-refractivity contribution in [3.05, 3.63) is 57.6 Å². The molecule has 0 amide bonds. The average molecular weight is 365 g/mol. The van der Waals surface area contributed by atoms with Crippen LogP contribution in [0.5, 0.6) is 0 Å². The van der Waals surface area contributed by atoms with Crippen LogP contribution in [0.25, 0.3) is 22.2 Å². The number of carbonyl (C=O) groups is 1. The number of ether oxygens (including phenoxy) is 1. The van der Waals surface area contributed by atoms with Gasteiger partial charge in [0.1, 0.15) is 16.5 Å². The number of hydrogen-bond acceptors (Lipinski definition) is 4. The lowest BCUT2D eigenvalue weighted by atomic mass is 10.1. The Hall–Kier alpha value is -2.24. The lowest BCUT2D eigenvalue weighted by molar-refractivity contribution is 0.0601. The van der Waals surface area contributed by atoms with Gasteiger partial charge >= 0.3 is 5.97 Å². The van der Waals surface area contributed by atoms with Crippen LogP contribution in [0.1, 0.15) is 16.1 Å². The zero-order valence-corrected chi connectivity index (χ0v) is 14.2. The first-order valence-electron chi connectivity index (χ1n) is 6.93. The fourth-order valence-electron chi connectivity index (χ4n) is 2.46. The van der Waals surface area contributed by atoms with Gasteiger partial charge in [0, 0.05) is 10.9 Å². The number of pyridine rings is 2. The van der Waals surface area contributed by atoms with Gasteiger partial charge in [-0.05, 0) is 25.1 Å². The van der Waals surface area contributed by atoms with Gasteiger partial charge in [-0.25, -0.2) is 19.2 Å². The van der Waals surface area contributed by atoms with Crippen LogP contribution in [0.4, 0.5) is 4.39 Å². The summed E-state index contributed by atoms with van der Waals surface area (Å²) in [7, 11) is 1.26. The third-order valence-electron chi connectivity index (χ3n) is 3.58. The number of hydrogen-bond donors (Lipinski definition) is 0. The number of esters is 1. The molecule has 0 atom stereocenters. The number of aromatic nitrogens is 2. The number of nitrogens with zero attached hydrogens (tertiary/aromatic N) is 2. The number of aryl methyl sites for hydroxylation is 1. The van der Waals surface area contributed by atoms with Crippen LogP contribution in [0.15, 0.2) is 30.3 Å². The molecule has 122 valence electrons. The quantitative estimate of drug-likeness (QED) is 0.482. The van der Waals surface area contributed by atoms with E-state index in [1.165, 1.54) is 19.2 Å². The molecule has 2 heterocycles. The summed E-state index contributed by atoms with van der Waals surface area (Å²) in [4.78, 5) is 20.6. The third-order valence-corrected chi connectivity index (χ3v) is 4.16. The highest BCUT2D eigenvalue weighted by Gasteiger charge is 2.21. The highest BCUT2D eigenvalue weighted by molar-refractivity contribution is 6.37. The zero-order chi connectivity index (χ0) is 17.4. The van der Waals surface area contributed by atoms with Gasteiger partial charge in [-0.15, -0.1) is 0 Å². The van der Waals surface area contributed by atoms with Crippen molar-refractivity contribution in [2.75, 3.05) is 7.11 Å². The fourth-order valence-corrected chi connectivity index (χ4v) is 2.98. The van der Waals surface area contributed by atoms with Crippen molar-refractivity contribution in [2.45, 2.75) is 6.92 Å². The van der Waals surface area contributed by atoms with Crippen molar-refractivity contribution in [3.63, 3.8) is 0 Å². The molecule has 0 fully saturated rings. The number of rotatable bonds is 2. The minimum atomic E-state index is -0.601. The predicted molar refractivity (Wildman–Crippen MR) is 91.0 cm³/mol. The Bertz CT molecular complexity index is 976. The van der Waals surface area contributed by atoms with Crippen molar-refractivity contribution in [1.82, 2.24) is 9.97 Å². The first kappa shape index (κ1) is 16.6. The van der Waals surface area contributed by atoms with Crippen molar-refractivity contribution < 1.29 is 13.9 Å². The first-order valence-corrected chi connectivity index (χ1v) is 7.69. The molecule has 0 saturated carbocycles. The summed E-state index contributed by atoms with van der Waals surface area (Å²) in [6, 6.07) is 7.63. The monoisotopic (exact) mass is 364 g/mol. The highest BCUT2D eigenvalue weighted by Crippen LogP contribution is 2.35. The van der Waals surface area contributed by atoms with Crippen LogP contribution in [-0.4, -0.2) is 23.0 Å². The number of fused-ring (bicyclic) bond motifs is 1. The van der Waals surface area contributed by atoms with Gasteiger partial charge in [0.05, 0.1) is 29.0 Å². The first-order chi connectivity index (χ1) is 11.4. The minimum absolute atomic E-state index is 0.157. The van der Waals surface area contributed by atoms with E-state index in [0.29, 0.717) is 11.1 Å². The molecular formula is C17H11Cl2FN2O2. The van der Waals surface area contributed by atoms with Crippen LogP contribution in [0.3, 0.4) is 0 Å². The van der Waals surface area contributed by atoms with E-state index in [-0.39, 0.29) is 32.5 Å². The number of carbonyl (C=O) groups excluding carboxylic acids is 1. The molecule has 0 spiro atoms. The molecule has 0 saturated heterocycles. The molecule has 7 heteroatoms. The van der Waals surface area contributed by atoms with Gasteiger partial charge in [0.2, 0.25) is 0 Å². The summed E-state index contributed by atoms with van der Waals surface area (Å²) in [5.41, 5.74) is 1.25. The Labute approximate surface area is 147 Å². The van der Waals surface area contributed by atoms with Crippen molar-refractivity contribution in [3.8, 4) is 11.3 Å². The van der Waals surface area contributed by atoms with Crippen LogP contribution >= 0.6 is 23.2 Å². The van der Waals surface area contributed by atoms with Gasteiger partial charge in [-0.3, -0.25) is 0 Å². The topological polar surface area (TPSA) is 52.1 Å². The molecule has 0 aliphatic heterocycles. The minimum Gasteiger partial charge on any atom is -0.465 e. The van der Waals surface area contributed by atoms with E-state index in [9.17, 15) is 9.18 Å². The maximum absolute atomic E-state index is 14.1. The van der Waals surface area contributed by atoms with Crippen LogP contribution < -0.4 is 0 Å². The molecule has 0 aliphatic carbocycles. The molecule has 0 radical (unpaired) electrons. The van der Waals surface area contributed by atoms with Crippen LogP contribution in [-0.2, 0) is 4.74 Å². The zero-order valence-electron chi connectivity index (χ0n) is 12.7. The van der Waals surface area contributed by atoms with E-state index in [2.05, 4.69) is 9.97 Å². The van der Waals surface area contributed by atoms with Gasteiger partial charge < -0.3 is 4.74 Å². The van der Waals surface area contributed by atoms with E-state index in [0.717, 1.165) is 0 Å². The molecule has 2 aromatic heterocycles. The molecule has 0 unspecified atom stereocenters. The SMILES string of the molecule is COC(=O)c1c(C)nc(Cl)c2cc(Cl)c(-c3ccccc3F)nc12. The summed E-state index contributed by atoms with van der Waals surface area (Å²) >= 11 is 12.4. The molecule has 4 nitrogen and oxygen atoms in total. The average Bonchev–Trinajstić information content (AvgIpc) is 2.55. The Balaban J connectivity index is 2.41. The number of halogens is 3. The Morgan fingerprint density at radius 1 is 1.21 bits per heavy atom. The summed E-state index contributed by atoms with van der Waals surface area (Å²) in [5.74, 6) is -1.07. The number of methoxy groups -OCH3 is 1. The van der Waals surface area contributed by atoms with E-state index >= 15 is 0 Å². The second kappa shape index (κ2) is 6.34. The van der Waals surface area contributed by atoms with E-state index in [1.54, 1.807) is 25.1 Å². The van der Waals surface area contributed by atoms with E-state index in [1.807, 2.05) is 0 Å². The second-order valence-electron chi connectivity index (χ2n) is 5.05. The number of benzene rings is 1. The summed E-state index contributed by atoms with van der Waals surface area (Å²) < 4.78 is 18.9. The van der Waals surface area contributed by atoms with Crippen LogP contribution in [0, 0.1) is 12.7 Å². The molecule has 1 aromatic carbocycles. The van der Waals surface area contributed by atoms with Crippen LogP contribution in [0.2, 0.25) is 10.2 Å². The molecular weight excluding hydrogens is 354 g/mol. The largest absolute Gasteiger partial charge is 0.465 e. The predicted octanol–water partition coefficient (Wildman–Crippen LogP) is 4.84. The third kappa shape index (κ3) is 2.70. The van der Waals surface area contributed by atoms with E-state index in [4.69, 9.17) is 27.9 Å². The lowest BCUT2D eigenvalue weighted by Crippen LogP contribution is -2.08. The lowest BCUT2D eigenvalue weighted by Gasteiger charge is -2.12. The molecule has 3 rings (SSSR count). The summed E-state index contributed by atoms with van der Waals surface area (Å²) in [5, 5.41) is 0.758. The standard InChI is InChI=1S/C17H11Cl2FN2O2/c1-8-13(17(23)24-2)15-10(16(19)21-8)7-11(18)14(22-15)9-5-3-4-6-12(9)20/h3-7H,1-2H3. The van der Waals surface area contributed by atoms with E-state index < -0.39 is 11.8 Å². The summed E-state index contributed by atoms with van der Waals surface area (Å²) in [6.07, 6.45) is 0. The maximum atomic E-state index is 14.1. The molecule has 3 aromatic rings. The van der Waals surface area contributed by atoms with Crippen molar-refractivity contribution in [2.24, 2.45) is 0 Å². The van der Waals surface area contributed by atoms with Crippen molar-refractivity contribution in [1.29, 1.82) is 0 Å². The molecule has 24 heavy (non-hydrogen) atoms. The molecule has 0 bridgehead atoms. The maximum Gasteiger partial charge on any atom is 0.341 e.